The third-order valence-electron chi connectivity index (χ3n) is 6.06. The van der Waals surface area contributed by atoms with Crippen LogP contribution in [0.15, 0.2) is 18.5 Å². The van der Waals surface area contributed by atoms with E-state index in [4.69, 9.17) is 10.5 Å². The van der Waals surface area contributed by atoms with Crippen LogP contribution >= 0.6 is 0 Å². The van der Waals surface area contributed by atoms with Gasteiger partial charge in [0.15, 0.2) is 0 Å². The maximum absolute atomic E-state index is 6.35. The third kappa shape index (κ3) is 1.71. The number of fused-ring (bicyclic) bond motifs is 2. The molecule has 2 fully saturated rings. The van der Waals surface area contributed by atoms with Gasteiger partial charge in [-0.1, -0.05) is 20.8 Å². The van der Waals surface area contributed by atoms with Crippen molar-refractivity contribution >= 4 is 0 Å². The quantitative estimate of drug-likeness (QED) is 0.908. The average Bonchev–Trinajstić information content (AvgIpc) is 2.72. The van der Waals surface area contributed by atoms with Crippen molar-refractivity contribution in [3.05, 3.63) is 24.0 Å². The van der Waals surface area contributed by atoms with E-state index in [1.807, 2.05) is 12.3 Å². The molecular weight excluding hydrogens is 236 g/mol. The Kier molecular flexibility index (Phi) is 2.86. The predicted octanol–water partition coefficient (Wildman–Crippen LogP) is 3.13. The Morgan fingerprint density at radius 1 is 1.42 bits per heavy atom. The number of nitrogens with zero attached hydrogens (tertiary/aromatic N) is 1. The predicted molar refractivity (Wildman–Crippen MR) is 75.8 cm³/mol. The minimum atomic E-state index is 0.285. The number of aromatic nitrogens is 1. The number of rotatable bonds is 3. The first-order valence-corrected chi connectivity index (χ1v) is 7.28. The Morgan fingerprint density at radius 3 is 2.79 bits per heavy atom. The Hall–Kier alpha value is -1.09. The van der Waals surface area contributed by atoms with E-state index in [-0.39, 0.29) is 5.41 Å². The summed E-state index contributed by atoms with van der Waals surface area (Å²) in [5, 5.41) is 0. The molecule has 3 unspecified atom stereocenters. The first-order valence-electron chi connectivity index (χ1n) is 7.28. The van der Waals surface area contributed by atoms with E-state index in [0.29, 0.717) is 18.1 Å². The molecule has 1 aromatic heterocycles. The fourth-order valence-electron chi connectivity index (χ4n) is 4.14. The topological polar surface area (TPSA) is 48.1 Å². The summed E-state index contributed by atoms with van der Waals surface area (Å²) in [6.07, 6.45) is 7.72. The maximum Gasteiger partial charge on any atom is 0.127 e. The van der Waals surface area contributed by atoms with Gasteiger partial charge >= 0.3 is 0 Å². The Morgan fingerprint density at radius 2 is 2.21 bits per heavy atom. The molecule has 2 aliphatic carbocycles. The molecule has 19 heavy (non-hydrogen) atoms. The molecule has 0 aromatic carbocycles. The van der Waals surface area contributed by atoms with Crippen LogP contribution in [0.3, 0.4) is 0 Å². The Labute approximate surface area is 115 Å². The van der Waals surface area contributed by atoms with Gasteiger partial charge in [-0.3, -0.25) is 4.98 Å². The highest BCUT2D eigenvalue weighted by molar-refractivity contribution is 5.31. The van der Waals surface area contributed by atoms with E-state index in [0.717, 1.165) is 17.2 Å². The maximum atomic E-state index is 6.35. The highest BCUT2D eigenvalue weighted by Crippen LogP contribution is 2.66. The van der Waals surface area contributed by atoms with E-state index in [9.17, 15) is 0 Å². The highest BCUT2D eigenvalue weighted by Gasteiger charge is 2.62. The zero-order valence-corrected chi connectivity index (χ0v) is 12.1. The van der Waals surface area contributed by atoms with E-state index in [1.165, 1.54) is 19.3 Å². The van der Waals surface area contributed by atoms with Crippen molar-refractivity contribution in [3.8, 4) is 5.75 Å². The normalized spacial score (nSPS) is 35.6. The number of hydrogen-bond donors (Lipinski definition) is 1. The molecule has 1 heterocycles. The monoisotopic (exact) mass is 260 g/mol. The molecular formula is C16H24N2O. The number of nitrogens with two attached hydrogens (primary N) is 1. The molecule has 3 atom stereocenters. The molecule has 2 aliphatic rings. The van der Waals surface area contributed by atoms with Crippen LogP contribution in [-0.2, 0) is 6.54 Å². The van der Waals surface area contributed by atoms with Gasteiger partial charge in [-0.2, -0.15) is 0 Å². The van der Waals surface area contributed by atoms with Gasteiger partial charge in [-0.15, -0.1) is 0 Å². The SMILES string of the molecule is CC1(C)C2CCC1(C)C(Oc1ccncc1CN)C2. The van der Waals surface area contributed by atoms with E-state index in [2.05, 4.69) is 25.8 Å². The van der Waals surface area contributed by atoms with Gasteiger partial charge in [0.05, 0.1) is 0 Å². The molecule has 3 rings (SSSR count). The van der Waals surface area contributed by atoms with E-state index < -0.39 is 0 Å². The summed E-state index contributed by atoms with van der Waals surface area (Å²) in [5.41, 5.74) is 7.44. The lowest BCUT2D eigenvalue weighted by Gasteiger charge is -2.39. The first kappa shape index (κ1) is 12.9. The highest BCUT2D eigenvalue weighted by atomic mass is 16.5. The van der Waals surface area contributed by atoms with Crippen LogP contribution in [0.2, 0.25) is 0 Å². The Balaban J connectivity index is 1.86. The fraction of sp³-hybridized carbons (Fsp3) is 0.688. The van der Waals surface area contributed by atoms with Crippen LogP contribution in [0.4, 0.5) is 0 Å². The standard InChI is InChI=1S/C16H24N2O/c1-15(2)12-4-6-16(15,3)14(8-12)19-13-5-7-18-10-11(13)9-17/h5,7,10,12,14H,4,6,8-9,17H2,1-3H3. The molecule has 3 heteroatoms. The summed E-state index contributed by atoms with van der Waals surface area (Å²) in [6.45, 7) is 7.70. The molecule has 0 radical (unpaired) electrons. The van der Waals surface area contributed by atoms with Crippen LogP contribution in [0.5, 0.6) is 5.75 Å². The molecule has 2 bridgehead atoms. The lowest BCUT2D eigenvalue weighted by molar-refractivity contribution is 0.0295. The largest absolute Gasteiger partial charge is 0.489 e. The summed E-state index contributed by atoms with van der Waals surface area (Å²) in [6, 6.07) is 1.95. The van der Waals surface area contributed by atoms with Crippen molar-refractivity contribution in [2.45, 2.75) is 52.7 Å². The molecule has 0 aliphatic heterocycles. The lowest BCUT2D eigenvalue weighted by Crippen LogP contribution is -2.39. The van der Waals surface area contributed by atoms with Crippen LogP contribution in [0, 0.1) is 16.7 Å². The molecule has 3 nitrogen and oxygen atoms in total. The summed E-state index contributed by atoms with van der Waals surface area (Å²) < 4.78 is 6.35. The summed E-state index contributed by atoms with van der Waals surface area (Å²) in [4.78, 5) is 4.12. The zero-order chi connectivity index (χ0) is 13.7. The van der Waals surface area contributed by atoms with Crippen molar-refractivity contribution < 1.29 is 4.74 Å². The molecule has 0 amide bonds. The van der Waals surface area contributed by atoms with E-state index in [1.54, 1.807) is 6.20 Å². The molecule has 2 N–H and O–H groups in total. The number of ether oxygens (including phenoxy) is 1. The minimum absolute atomic E-state index is 0.285. The zero-order valence-electron chi connectivity index (χ0n) is 12.1. The van der Waals surface area contributed by atoms with Crippen LogP contribution in [-0.4, -0.2) is 11.1 Å². The summed E-state index contributed by atoms with van der Waals surface area (Å²) in [7, 11) is 0. The van der Waals surface area contributed by atoms with Crippen LogP contribution < -0.4 is 10.5 Å². The average molecular weight is 260 g/mol. The fourth-order valence-corrected chi connectivity index (χ4v) is 4.14. The lowest BCUT2D eigenvalue weighted by atomic mass is 9.70. The molecule has 0 spiro atoms. The smallest absolute Gasteiger partial charge is 0.127 e. The van der Waals surface area contributed by atoms with Gasteiger partial charge in [-0.25, -0.2) is 0 Å². The Bertz CT molecular complexity index is 485. The van der Waals surface area contributed by atoms with Gasteiger partial charge in [0.1, 0.15) is 11.9 Å². The van der Waals surface area contributed by atoms with Gasteiger partial charge in [0.25, 0.3) is 0 Å². The van der Waals surface area contributed by atoms with Crippen molar-refractivity contribution in [2.24, 2.45) is 22.5 Å². The van der Waals surface area contributed by atoms with Gasteiger partial charge in [0, 0.05) is 29.9 Å². The second-order valence-corrected chi connectivity index (χ2v) is 6.90. The first-order chi connectivity index (χ1) is 8.99. The van der Waals surface area contributed by atoms with E-state index >= 15 is 0 Å². The second-order valence-electron chi connectivity index (χ2n) is 6.90. The van der Waals surface area contributed by atoms with Crippen LogP contribution in [0.25, 0.3) is 0 Å². The summed E-state index contributed by atoms with van der Waals surface area (Å²) >= 11 is 0. The number of pyridine rings is 1. The molecule has 0 saturated heterocycles. The molecule has 104 valence electrons. The molecule has 1 aromatic rings. The third-order valence-corrected chi connectivity index (χ3v) is 6.06. The van der Waals surface area contributed by atoms with Crippen LogP contribution in [0.1, 0.15) is 45.6 Å². The molecule has 2 saturated carbocycles. The van der Waals surface area contributed by atoms with Crippen molar-refractivity contribution in [3.63, 3.8) is 0 Å². The minimum Gasteiger partial charge on any atom is -0.489 e. The van der Waals surface area contributed by atoms with Gasteiger partial charge in [-0.05, 0) is 36.7 Å². The van der Waals surface area contributed by atoms with Crippen molar-refractivity contribution in [1.29, 1.82) is 0 Å². The second kappa shape index (κ2) is 4.20. The van der Waals surface area contributed by atoms with Crippen molar-refractivity contribution in [2.75, 3.05) is 0 Å². The number of hydrogen-bond acceptors (Lipinski definition) is 3. The van der Waals surface area contributed by atoms with Gasteiger partial charge in [0.2, 0.25) is 0 Å². The van der Waals surface area contributed by atoms with Crippen molar-refractivity contribution in [1.82, 2.24) is 4.98 Å². The summed E-state index contributed by atoms with van der Waals surface area (Å²) in [5.74, 6) is 1.72. The van der Waals surface area contributed by atoms with Gasteiger partial charge < -0.3 is 10.5 Å².